The molecule has 1 aliphatic heterocycles. The van der Waals surface area contributed by atoms with Gasteiger partial charge in [-0.2, -0.15) is 0 Å². The van der Waals surface area contributed by atoms with Crippen LogP contribution in [0.25, 0.3) is 0 Å². The zero-order chi connectivity index (χ0) is 14.6. The molecule has 0 radical (unpaired) electrons. The third kappa shape index (κ3) is 4.10. The number of rotatable bonds is 7. The Labute approximate surface area is 119 Å². The van der Waals surface area contributed by atoms with Crippen molar-refractivity contribution in [2.75, 3.05) is 13.1 Å². The monoisotopic (exact) mass is 284 g/mol. The Morgan fingerprint density at radius 3 is 2.60 bits per heavy atom. The van der Waals surface area contributed by atoms with Crippen molar-refractivity contribution in [3.63, 3.8) is 0 Å². The average molecular weight is 284 g/mol. The number of carbonyl (C=O) groups excluding carboxylic acids is 1. The van der Waals surface area contributed by atoms with Gasteiger partial charge in [-0.3, -0.25) is 0 Å². The quantitative estimate of drug-likeness (QED) is 0.661. The molecule has 0 aromatic heterocycles. The maximum absolute atomic E-state index is 11.7. The molecule has 0 aromatic carbocycles. The standard InChI is InChI=1S/C14H24N2O4/c1-2-5-14(6-7-14)9-16-13(19)15-8-10-3-4-11(20-10)12(17)18/h10-11H,2-9H2,1H3,(H,17,18)(H2,15,16,19). The van der Waals surface area contributed by atoms with Crippen LogP contribution in [0.1, 0.15) is 45.4 Å². The van der Waals surface area contributed by atoms with Crippen molar-refractivity contribution >= 4 is 12.0 Å². The lowest BCUT2D eigenvalue weighted by Gasteiger charge is -2.16. The zero-order valence-corrected chi connectivity index (χ0v) is 12.0. The number of ether oxygens (including phenoxy) is 1. The molecular formula is C14H24N2O4. The number of hydrogen-bond acceptors (Lipinski definition) is 3. The Bertz CT molecular complexity index is 368. The fourth-order valence-corrected chi connectivity index (χ4v) is 2.80. The lowest BCUT2D eigenvalue weighted by molar-refractivity contribution is -0.149. The summed E-state index contributed by atoms with van der Waals surface area (Å²) in [6, 6.07) is -0.185. The van der Waals surface area contributed by atoms with Crippen LogP contribution in [0, 0.1) is 5.41 Å². The van der Waals surface area contributed by atoms with E-state index >= 15 is 0 Å². The maximum atomic E-state index is 11.7. The smallest absolute Gasteiger partial charge is 0.332 e. The minimum atomic E-state index is -0.924. The molecule has 1 heterocycles. The van der Waals surface area contributed by atoms with Crippen LogP contribution in [0.4, 0.5) is 4.79 Å². The molecule has 0 spiro atoms. The van der Waals surface area contributed by atoms with Gasteiger partial charge in [0.05, 0.1) is 6.10 Å². The minimum absolute atomic E-state index is 0.185. The second kappa shape index (κ2) is 6.43. The van der Waals surface area contributed by atoms with Crippen LogP contribution >= 0.6 is 0 Å². The molecule has 1 aliphatic carbocycles. The van der Waals surface area contributed by atoms with E-state index in [0.717, 1.165) is 13.0 Å². The van der Waals surface area contributed by atoms with Crippen LogP contribution in [0.15, 0.2) is 0 Å². The van der Waals surface area contributed by atoms with Gasteiger partial charge in [-0.05, 0) is 37.5 Å². The number of carboxylic acids is 1. The van der Waals surface area contributed by atoms with E-state index in [-0.39, 0.29) is 12.1 Å². The summed E-state index contributed by atoms with van der Waals surface area (Å²) < 4.78 is 5.33. The number of hydrogen-bond donors (Lipinski definition) is 3. The highest BCUT2D eigenvalue weighted by Gasteiger charge is 2.41. The lowest BCUT2D eigenvalue weighted by Crippen LogP contribution is -2.42. The van der Waals surface area contributed by atoms with Crippen molar-refractivity contribution in [2.45, 2.75) is 57.7 Å². The summed E-state index contributed by atoms with van der Waals surface area (Å²) in [6.45, 7) is 3.27. The molecule has 6 nitrogen and oxygen atoms in total. The summed E-state index contributed by atoms with van der Waals surface area (Å²) in [4.78, 5) is 22.4. The van der Waals surface area contributed by atoms with Crippen molar-refractivity contribution in [1.29, 1.82) is 0 Å². The van der Waals surface area contributed by atoms with Crippen LogP contribution < -0.4 is 10.6 Å². The first-order chi connectivity index (χ1) is 9.54. The molecule has 2 unspecified atom stereocenters. The Hall–Kier alpha value is -1.30. The molecule has 1 saturated heterocycles. The second-order valence-corrected chi connectivity index (χ2v) is 5.98. The van der Waals surface area contributed by atoms with E-state index in [0.29, 0.717) is 24.8 Å². The first kappa shape index (κ1) is 15.1. The number of amides is 2. The number of aliphatic carboxylic acids is 1. The van der Waals surface area contributed by atoms with Crippen LogP contribution in [-0.2, 0) is 9.53 Å². The lowest BCUT2D eigenvalue weighted by atomic mass is 10.0. The van der Waals surface area contributed by atoms with Crippen molar-refractivity contribution in [3.8, 4) is 0 Å². The van der Waals surface area contributed by atoms with Crippen LogP contribution in [0.3, 0.4) is 0 Å². The molecule has 114 valence electrons. The minimum Gasteiger partial charge on any atom is -0.479 e. The maximum Gasteiger partial charge on any atom is 0.332 e. The molecule has 20 heavy (non-hydrogen) atoms. The Morgan fingerprint density at radius 2 is 2.05 bits per heavy atom. The van der Waals surface area contributed by atoms with Gasteiger partial charge < -0.3 is 20.5 Å². The van der Waals surface area contributed by atoms with E-state index < -0.39 is 12.1 Å². The fraction of sp³-hybridized carbons (Fsp3) is 0.857. The van der Waals surface area contributed by atoms with Gasteiger partial charge >= 0.3 is 12.0 Å². The molecule has 2 atom stereocenters. The summed E-state index contributed by atoms with van der Waals surface area (Å²) in [5.74, 6) is -0.924. The third-order valence-electron chi connectivity index (χ3n) is 4.23. The average Bonchev–Trinajstić information content (AvgIpc) is 3.01. The van der Waals surface area contributed by atoms with Gasteiger partial charge in [0.1, 0.15) is 0 Å². The van der Waals surface area contributed by atoms with Gasteiger partial charge in [-0.25, -0.2) is 9.59 Å². The molecule has 0 aromatic rings. The molecule has 0 bridgehead atoms. The Kier molecular flexibility index (Phi) is 4.86. The number of nitrogens with one attached hydrogen (secondary N) is 2. The molecule has 6 heteroatoms. The third-order valence-corrected chi connectivity index (χ3v) is 4.23. The summed E-state index contributed by atoms with van der Waals surface area (Å²) in [5, 5.41) is 14.5. The molecule has 2 aliphatic rings. The van der Waals surface area contributed by atoms with Gasteiger partial charge in [-0.1, -0.05) is 13.3 Å². The van der Waals surface area contributed by atoms with Gasteiger partial charge in [-0.15, -0.1) is 0 Å². The van der Waals surface area contributed by atoms with E-state index in [1.807, 2.05) is 0 Å². The highest BCUT2D eigenvalue weighted by molar-refractivity contribution is 5.74. The van der Waals surface area contributed by atoms with Gasteiger partial charge in [0.2, 0.25) is 0 Å². The normalized spacial score (nSPS) is 27.1. The summed E-state index contributed by atoms with van der Waals surface area (Å²) in [6.07, 6.45) is 5.01. The molecule has 1 saturated carbocycles. The highest BCUT2D eigenvalue weighted by atomic mass is 16.5. The molecule has 3 N–H and O–H groups in total. The number of carbonyl (C=O) groups is 2. The molecular weight excluding hydrogens is 260 g/mol. The van der Waals surface area contributed by atoms with Crippen molar-refractivity contribution in [2.24, 2.45) is 5.41 Å². The molecule has 2 fully saturated rings. The predicted octanol–water partition coefficient (Wildman–Crippen LogP) is 1.50. The van der Waals surface area contributed by atoms with Gasteiger partial charge in [0, 0.05) is 13.1 Å². The van der Waals surface area contributed by atoms with Crippen molar-refractivity contribution in [3.05, 3.63) is 0 Å². The van der Waals surface area contributed by atoms with E-state index in [2.05, 4.69) is 17.6 Å². The second-order valence-electron chi connectivity index (χ2n) is 5.98. The van der Waals surface area contributed by atoms with Crippen molar-refractivity contribution < 1.29 is 19.4 Å². The largest absolute Gasteiger partial charge is 0.479 e. The summed E-state index contributed by atoms with van der Waals surface area (Å²) in [7, 11) is 0. The number of urea groups is 1. The topological polar surface area (TPSA) is 87.7 Å². The van der Waals surface area contributed by atoms with Crippen LogP contribution in [0.2, 0.25) is 0 Å². The number of carboxylic acid groups (broad SMARTS) is 1. The summed E-state index contributed by atoms with van der Waals surface area (Å²) >= 11 is 0. The SMILES string of the molecule is CCCC1(CNC(=O)NCC2CCC(C(=O)O)O2)CC1. The van der Waals surface area contributed by atoms with E-state index in [9.17, 15) is 9.59 Å². The van der Waals surface area contributed by atoms with E-state index in [1.165, 1.54) is 19.3 Å². The highest BCUT2D eigenvalue weighted by Crippen LogP contribution is 2.48. The zero-order valence-electron chi connectivity index (χ0n) is 12.0. The van der Waals surface area contributed by atoms with Gasteiger partial charge in [0.25, 0.3) is 0 Å². The van der Waals surface area contributed by atoms with Crippen molar-refractivity contribution in [1.82, 2.24) is 10.6 Å². The Morgan fingerprint density at radius 1 is 1.30 bits per heavy atom. The van der Waals surface area contributed by atoms with E-state index in [4.69, 9.17) is 9.84 Å². The Balaban J connectivity index is 1.60. The van der Waals surface area contributed by atoms with Gasteiger partial charge in [0.15, 0.2) is 6.10 Å². The molecule has 2 rings (SSSR count). The van der Waals surface area contributed by atoms with E-state index in [1.54, 1.807) is 0 Å². The van der Waals surface area contributed by atoms with Crippen LogP contribution in [-0.4, -0.2) is 42.4 Å². The fourth-order valence-electron chi connectivity index (χ4n) is 2.80. The van der Waals surface area contributed by atoms with Crippen LogP contribution in [0.5, 0.6) is 0 Å². The molecule has 2 amide bonds. The summed E-state index contributed by atoms with van der Waals surface area (Å²) in [5.41, 5.74) is 0.338. The first-order valence-corrected chi connectivity index (χ1v) is 7.45. The first-order valence-electron chi connectivity index (χ1n) is 7.45. The predicted molar refractivity (Wildman–Crippen MR) is 73.5 cm³/mol.